The molecule has 0 aromatic heterocycles. The second kappa shape index (κ2) is 12.9. The molecule has 12 heteroatoms. The van der Waals surface area contributed by atoms with Gasteiger partial charge in [0.05, 0.1) is 11.0 Å². The van der Waals surface area contributed by atoms with E-state index in [-0.39, 0.29) is 30.4 Å². The van der Waals surface area contributed by atoms with Gasteiger partial charge in [0.2, 0.25) is 10.0 Å². The van der Waals surface area contributed by atoms with Crippen molar-refractivity contribution >= 4 is 28.1 Å². The van der Waals surface area contributed by atoms with Gasteiger partial charge in [0, 0.05) is 26.7 Å². The third-order valence-corrected chi connectivity index (χ3v) is 9.15. The molecule has 0 saturated carbocycles. The molecule has 0 spiro atoms. The van der Waals surface area contributed by atoms with Crippen LogP contribution in [0.25, 0.3) is 0 Å². The number of aryl methyl sites for hydroxylation is 1. The van der Waals surface area contributed by atoms with E-state index in [1.165, 1.54) is 12.1 Å². The van der Waals surface area contributed by atoms with E-state index in [2.05, 4.69) is 0 Å². The largest absolute Gasteiger partial charge is 0.415 e. The molecule has 0 aliphatic carbocycles. The highest BCUT2D eigenvalue weighted by atomic mass is 32.2. The predicted octanol–water partition coefficient (Wildman–Crippen LogP) is 2.40. The van der Waals surface area contributed by atoms with Gasteiger partial charge in [-0.2, -0.15) is 4.31 Å². The number of benzene rings is 2. The van der Waals surface area contributed by atoms with Crippen molar-refractivity contribution < 1.29 is 37.0 Å². The fourth-order valence-corrected chi connectivity index (χ4v) is 6.47. The minimum atomic E-state index is -3.93. The van der Waals surface area contributed by atoms with Gasteiger partial charge in [-0.1, -0.05) is 29.8 Å². The van der Waals surface area contributed by atoms with Gasteiger partial charge < -0.3 is 24.8 Å². The molecule has 2 aromatic carbocycles. The Morgan fingerprint density at radius 3 is 2.25 bits per heavy atom. The Labute approximate surface area is 234 Å². The molecule has 216 valence electrons. The van der Waals surface area contributed by atoms with Crippen LogP contribution in [0.5, 0.6) is 5.75 Å². The molecule has 0 bridgehead atoms. The normalized spacial score (nSPS) is 19.3. The Morgan fingerprint density at radius 1 is 0.975 bits per heavy atom. The molecular formula is C28H35N3O8S. The zero-order chi connectivity index (χ0) is 28.9. The molecule has 2 fully saturated rings. The Morgan fingerprint density at radius 2 is 1.62 bits per heavy atom. The summed E-state index contributed by atoms with van der Waals surface area (Å²) in [5.74, 6) is -1.53. The van der Waals surface area contributed by atoms with Gasteiger partial charge in [-0.25, -0.2) is 22.8 Å². The maximum Gasteiger partial charge on any atom is 0.415 e. The van der Waals surface area contributed by atoms with Crippen molar-refractivity contribution in [3.05, 3.63) is 59.7 Å². The van der Waals surface area contributed by atoms with Crippen molar-refractivity contribution in [1.82, 2.24) is 9.21 Å². The number of piperidine rings is 1. The van der Waals surface area contributed by atoms with Crippen LogP contribution in [0.4, 0.5) is 4.79 Å². The van der Waals surface area contributed by atoms with Gasteiger partial charge in [-0.3, -0.25) is 0 Å². The van der Waals surface area contributed by atoms with Crippen LogP contribution in [0.15, 0.2) is 53.4 Å². The first kappa shape index (κ1) is 29.7. The number of esters is 2. The number of nitrogens with two attached hydrogens (primary N) is 1. The molecule has 2 N–H and O–H groups in total. The topological polar surface area (TPSA) is 146 Å². The summed E-state index contributed by atoms with van der Waals surface area (Å²) in [6.45, 7) is 3.11. The molecule has 2 saturated heterocycles. The minimum Gasteiger partial charge on any atom is -0.410 e. The predicted molar refractivity (Wildman–Crippen MR) is 145 cm³/mol. The van der Waals surface area contributed by atoms with Gasteiger partial charge >= 0.3 is 18.0 Å². The van der Waals surface area contributed by atoms with E-state index in [0.29, 0.717) is 30.8 Å². The molecule has 2 heterocycles. The van der Waals surface area contributed by atoms with Crippen LogP contribution in [0.3, 0.4) is 0 Å². The summed E-state index contributed by atoms with van der Waals surface area (Å²) in [6, 6.07) is 10.6. The molecule has 0 unspecified atom stereocenters. The number of likely N-dealkylation sites (tertiary alicyclic amines) is 1. The number of hydrogen-bond acceptors (Lipinski definition) is 9. The number of sulfonamides is 1. The summed E-state index contributed by atoms with van der Waals surface area (Å²) in [4.78, 5) is 39.5. The first-order chi connectivity index (χ1) is 19.1. The van der Waals surface area contributed by atoms with Crippen molar-refractivity contribution in [2.24, 2.45) is 5.73 Å². The Kier molecular flexibility index (Phi) is 9.56. The van der Waals surface area contributed by atoms with Crippen LogP contribution in [0.2, 0.25) is 0 Å². The van der Waals surface area contributed by atoms with E-state index in [1.54, 1.807) is 48.4 Å². The number of nitrogens with zero attached hydrogens (tertiary/aromatic N) is 2. The zero-order valence-corrected chi connectivity index (χ0v) is 23.5. The van der Waals surface area contributed by atoms with Crippen molar-refractivity contribution in [2.45, 2.75) is 62.1 Å². The molecule has 2 aliphatic heterocycles. The molecule has 2 atom stereocenters. The molecule has 0 radical (unpaired) electrons. The third kappa shape index (κ3) is 7.05. The lowest BCUT2D eigenvalue weighted by Gasteiger charge is -2.30. The molecular weight excluding hydrogens is 538 g/mol. The quantitative estimate of drug-likeness (QED) is 0.372. The third-order valence-electron chi connectivity index (χ3n) is 7.22. The van der Waals surface area contributed by atoms with Crippen LogP contribution in [0, 0.1) is 6.92 Å². The first-order valence-electron chi connectivity index (χ1n) is 13.3. The average molecular weight is 574 g/mol. The smallest absolute Gasteiger partial charge is 0.410 e. The number of carbonyl (C=O) groups excluding carboxylic acids is 3. The molecule has 2 aromatic rings. The minimum absolute atomic E-state index is 0.0704. The Balaban J connectivity index is 1.29. The first-order valence-corrected chi connectivity index (χ1v) is 14.7. The monoisotopic (exact) mass is 573 g/mol. The summed E-state index contributed by atoms with van der Waals surface area (Å²) < 4.78 is 43.1. The summed E-state index contributed by atoms with van der Waals surface area (Å²) in [7, 11) is -2.27. The summed E-state index contributed by atoms with van der Waals surface area (Å²) in [5.41, 5.74) is 7.58. The highest BCUT2D eigenvalue weighted by Crippen LogP contribution is 2.27. The van der Waals surface area contributed by atoms with Gasteiger partial charge in [0.25, 0.3) is 0 Å². The fourth-order valence-electron chi connectivity index (χ4n) is 4.82. The lowest BCUT2D eigenvalue weighted by Crippen LogP contribution is -2.44. The number of rotatable bonds is 8. The molecule has 40 heavy (non-hydrogen) atoms. The lowest BCUT2D eigenvalue weighted by molar-refractivity contribution is -0.162. The van der Waals surface area contributed by atoms with Crippen LogP contribution in [-0.2, 0) is 35.5 Å². The molecule has 4 rings (SSSR count). The van der Waals surface area contributed by atoms with E-state index in [1.807, 2.05) is 6.92 Å². The van der Waals surface area contributed by atoms with Crippen molar-refractivity contribution in [3.63, 3.8) is 0 Å². The number of amides is 1. The lowest BCUT2D eigenvalue weighted by atomic mass is 10.1. The van der Waals surface area contributed by atoms with Gasteiger partial charge in [-0.15, -0.1) is 0 Å². The molecule has 2 aliphatic rings. The Bertz CT molecular complexity index is 1310. The van der Waals surface area contributed by atoms with E-state index < -0.39 is 40.1 Å². The van der Waals surface area contributed by atoms with Gasteiger partial charge in [0.15, 0.2) is 0 Å². The standard InChI is InChI=1S/C28H35N3O8S/c1-19-5-11-23(12-6-19)40(35,36)31-15-3-4-25(31)27(33)39-26(32)24(29)18-20-7-9-22(10-8-20)38-28(34)30-16-13-21(37-2)14-17-30/h5-12,21,24-25H,3-4,13-18,29H2,1-2H3/t24-,25+/m0/s1. The van der Waals surface area contributed by atoms with E-state index in [0.717, 1.165) is 22.7 Å². The van der Waals surface area contributed by atoms with Crippen LogP contribution in [0.1, 0.15) is 36.8 Å². The second-order valence-electron chi connectivity index (χ2n) is 10.1. The summed E-state index contributed by atoms with van der Waals surface area (Å²) in [6.07, 6.45) is 2.00. The maximum atomic E-state index is 13.1. The van der Waals surface area contributed by atoms with Crippen molar-refractivity contribution in [3.8, 4) is 5.75 Å². The highest BCUT2D eigenvalue weighted by molar-refractivity contribution is 7.89. The maximum absolute atomic E-state index is 13.1. The van der Waals surface area contributed by atoms with E-state index in [9.17, 15) is 22.8 Å². The zero-order valence-electron chi connectivity index (χ0n) is 22.7. The molecule has 11 nitrogen and oxygen atoms in total. The van der Waals surface area contributed by atoms with Crippen LogP contribution in [-0.4, -0.2) is 80.6 Å². The summed E-state index contributed by atoms with van der Waals surface area (Å²) in [5, 5.41) is 0. The van der Waals surface area contributed by atoms with Gasteiger partial charge in [-0.05, 0) is 68.9 Å². The van der Waals surface area contributed by atoms with Crippen LogP contribution < -0.4 is 10.5 Å². The summed E-state index contributed by atoms with van der Waals surface area (Å²) >= 11 is 0. The fraction of sp³-hybridized carbons (Fsp3) is 0.464. The van der Waals surface area contributed by atoms with Gasteiger partial charge in [0.1, 0.15) is 17.8 Å². The van der Waals surface area contributed by atoms with Crippen molar-refractivity contribution in [2.75, 3.05) is 26.7 Å². The number of methoxy groups -OCH3 is 1. The highest BCUT2D eigenvalue weighted by Gasteiger charge is 2.41. The second-order valence-corrected chi connectivity index (χ2v) is 12.0. The SMILES string of the molecule is COC1CCN(C(=O)Oc2ccc(C[C@H](N)C(=O)OC(=O)[C@H]3CCCN3S(=O)(=O)c3ccc(C)cc3)cc2)CC1. The number of carbonyl (C=O) groups is 3. The average Bonchev–Trinajstić information content (AvgIpc) is 3.46. The van der Waals surface area contributed by atoms with Crippen LogP contribution >= 0.6 is 0 Å². The van der Waals surface area contributed by atoms with Crippen molar-refractivity contribution in [1.29, 1.82) is 0 Å². The van der Waals surface area contributed by atoms with E-state index >= 15 is 0 Å². The van der Waals surface area contributed by atoms with E-state index in [4.69, 9.17) is 19.9 Å². The molecule has 1 amide bonds. The number of ether oxygens (including phenoxy) is 3. The number of hydrogen-bond donors (Lipinski definition) is 1. The Hall–Kier alpha value is -3.32.